The summed E-state index contributed by atoms with van der Waals surface area (Å²) in [6, 6.07) is 1.22. The van der Waals surface area contributed by atoms with Gasteiger partial charge in [-0.3, -0.25) is 0 Å². The van der Waals surface area contributed by atoms with Gasteiger partial charge in [0.05, 0.1) is 16.6 Å². The van der Waals surface area contributed by atoms with Gasteiger partial charge in [0.25, 0.3) is 0 Å². The highest BCUT2D eigenvalue weighted by atomic mass is 79.9. The van der Waals surface area contributed by atoms with Gasteiger partial charge >= 0.3 is 0 Å². The zero-order valence-electron chi connectivity index (χ0n) is 8.94. The molecule has 2 heterocycles. The first kappa shape index (κ1) is 11.4. The van der Waals surface area contributed by atoms with E-state index in [-0.39, 0.29) is 30.6 Å². The van der Waals surface area contributed by atoms with Crippen LogP contribution < -0.4 is 15.2 Å². The molecule has 18 heavy (non-hydrogen) atoms. The summed E-state index contributed by atoms with van der Waals surface area (Å²) in [5, 5.41) is 3.67. The zero-order valence-corrected chi connectivity index (χ0v) is 10.5. The van der Waals surface area contributed by atoms with Crippen molar-refractivity contribution in [2.45, 2.75) is 6.54 Å². The fourth-order valence-electron chi connectivity index (χ4n) is 1.62. The van der Waals surface area contributed by atoms with Gasteiger partial charge in [0.15, 0.2) is 11.5 Å². The normalized spacial score (nSPS) is 13.1. The summed E-state index contributed by atoms with van der Waals surface area (Å²) in [5.41, 5.74) is 5.52. The Morgan fingerprint density at radius 3 is 3.00 bits per heavy atom. The van der Waals surface area contributed by atoms with Crippen molar-refractivity contribution in [2.75, 3.05) is 6.79 Å². The van der Waals surface area contributed by atoms with Crippen molar-refractivity contribution >= 4 is 15.9 Å². The molecule has 1 aliphatic heterocycles. The Hall–Kier alpha value is -1.67. The molecule has 0 radical (unpaired) electrons. The van der Waals surface area contributed by atoms with Crippen LogP contribution in [0, 0.1) is 5.82 Å². The minimum absolute atomic E-state index is 0.0527. The molecule has 1 aromatic carbocycles. The van der Waals surface area contributed by atoms with Crippen LogP contribution in [-0.4, -0.2) is 16.9 Å². The number of aromatic nitrogens is 2. The van der Waals surface area contributed by atoms with Gasteiger partial charge in [0.1, 0.15) is 5.82 Å². The van der Waals surface area contributed by atoms with Crippen LogP contribution in [0.15, 0.2) is 15.1 Å². The molecule has 0 atom stereocenters. The van der Waals surface area contributed by atoms with Crippen LogP contribution in [-0.2, 0) is 6.54 Å². The molecule has 94 valence electrons. The maximum absolute atomic E-state index is 14.0. The maximum Gasteiger partial charge on any atom is 0.240 e. The van der Waals surface area contributed by atoms with Gasteiger partial charge < -0.3 is 19.7 Å². The molecule has 0 spiro atoms. The molecule has 8 heteroatoms. The second-order valence-corrected chi connectivity index (χ2v) is 4.29. The highest BCUT2D eigenvalue weighted by Crippen LogP contribution is 2.45. The van der Waals surface area contributed by atoms with E-state index in [2.05, 4.69) is 26.1 Å². The Morgan fingerprint density at radius 2 is 2.28 bits per heavy atom. The maximum atomic E-state index is 14.0. The summed E-state index contributed by atoms with van der Waals surface area (Å²) in [7, 11) is 0. The number of benzene rings is 1. The molecule has 0 saturated carbocycles. The van der Waals surface area contributed by atoms with E-state index in [1.807, 2.05) is 0 Å². The molecule has 0 amide bonds. The van der Waals surface area contributed by atoms with E-state index in [0.29, 0.717) is 16.0 Å². The van der Waals surface area contributed by atoms with E-state index >= 15 is 0 Å². The van der Waals surface area contributed by atoms with Crippen LogP contribution in [0.2, 0.25) is 0 Å². The van der Waals surface area contributed by atoms with Crippen LogP contribution in [0.3, 0.4) is 0 Å². The highest BCUT2D eigenvalue weighted by molar-refractivity contribution is 9.10. The monoisotopic (exact) mass is 315 g/mol. The van der Waals surface area contributed by atoms with Crippen molar-refractivity contribution in [1.82, 2.24) is 10.1 Å². The lowest BCUT2D eigenvalue weighted by atomic mass is 10.2. The summed E-state index contributed by atoms with van der Waals surface area (Å²) in [5.74, 6) is 0.568. The van der Waals surface area contributed by atoms with Crippen LogP contribution in [0.25, 0.3) is 11.4 Å². The van der Waals surface area contributed by atoms with E-state index < -0.39 is 5.82 Å². The Balaban J connectivity index is 2.17. The Bertz CT molecular complexity index is 617. The number of hydrogen-bond acceptors (Lipinski definition) is 6. The van der Waals surface area contributed by atoms with Crippen molar-refractivity contribution in [3.63, 3.8) is 0 Å². The van der Waals surface area contributed by atoms with Gasteiger partial charge in [-0.2, -0.15) is 4.98 Å². The molecule has 1 aromatic heterocycles. The van der Waals surface area contributed by atoms with Crippen LogP contribution in [0.4, 0.5) is 4.39 Å². The summed E-state index contributed by atoms with van der Waals surface area (Å²) >= 11 is 3.25. The van der Waals surface area contributed by atoms with Crippen molar-refractivity contribution in [3.8, 4) is 22.9 Å². The van der Waals surface area contributed by atoms with Gasteiger partial charge in [-0.15, -0.1) is 0 Å². The van der Waals surface area contributed by atoms with Gasteiger partial charge in [0, 0.05) is 6.07 Å². The van der Waals surface area contributed by atoms with E-state index in [4.69, 9.17) is 19.7 Å². The summed E-state index contributed by atoms with van der Waals surface area (Å²) in [4.78, 5) is 3.98. The first-order valence-electron chi connectivity index (χ1n) is 5.01. The molecular formula is C10H7BrFN3O3. The molecule has 0 bridgehead atoms. The summed E-state index contributed by atoms with van der Waals surface area (Å²) in [6.45, 7) is 0.147. The molecule has 2 N–H and O–H groups in total. The van der Waals surface area contributed by atoms with Crippen LogP contribution >= 0.6 is 15.9 Å². The third-order valence-corrected chi connectivity index (χ3v) is 3.18. The summed E-state index contributed by atoms with van der Waals surface area (Å²) < 4.78 is 29.6. The lowest BCUT2D eigenvalue weighted by Gasteiger charge is -2.05. The number of hydrogen-bond donors (Lipinski definition) is 1. The number of nitrogens with zero attached hydrogens (tertiary/aromatic N) is 2. The first-order chi connectivity index (χ1) is 8.70. The number of fused-ring (bicyclic) bond motifs is 1. The van der Waals surface area contributed by atoms with E-state index in [9.17, 15) is 4.39 Å². The molecule has 2 aromatic rings. The molecule has 0 aliphatic carbocycles. The fourth-order valence-corrected chi connectivity index (χ4v) is 2.29. The first-order valence-corrected chi connectivity index (χ1v) is 5.80. The second-order valence-electron chi connectivity index (χ2n) is 3.50. The molecule has 0 saturated heterocycles. The molecule has 0 fully saturated rings. The molecule has 1 aliphatic rings. The van der Waals surface area contributed by atoms with Gasteiger partial charge in [-0.1, -0.05) is 5.16 Å². The quantitative estimate of drug-likeness (QED) is 0.910. The minimum atomic E-state index is -0.532. The Labute approximate surface area is 109 Å². The average Bonchev–Trinajstić information content (AvgIpc) is 2.97. The fraction of sp³-hybridized carbons (Fsp3) is 0.200. The number of rotatable bonds is 2. The van der Waals surface area contributed by atoms with Crippen molar-refractivity contribution in [2.24, 2.45) is 5.73 Å². The van der Waals surface area contributed by atoms with Crippen LogP contribution in [0.1, 0.15) is 5.89 Å². The predicted octanol–water partition coefficient (Wildman–Crippen LogP) is 1.83. The second kappa shape index (κ2) is 4.21. The smallest absolute Gasteiger partial charge is 0.240 e. The molecular weight excluding hydrogens is 309 g/mol. The minimum Gasteiger partial charge on any atom is -0.453 e. The van der Waals surface area contributed by atoms with E-state index in [0.717, 1.165) is 0 Å². The third kappa shape index (κ3) is 1.65. The standard InChI is InChI=1S/C10H7BrFN3O3/c11-8-7(10-14-6(2-13)18-15-10)4(12)1-5-9(8)17-3-16-5/h1H,2-3,13H2. The lowest BCUT2D eigenvalue weighted by molar-refractivity contribution is 0.173. The van der Waals surface area contributed by atoms with Gasteiger partial charge in [-0.05, 0) is 15.9 Å². The largest absolute Gasteiger partial charge is 0.453 e. The van der Waals surface area contributed by atoms with E-state index in [1.165, 1.54) is 6.07 Å². The number of halogens is 2. The zero-order chi connectivity index (χ0) is 12.7. The molecule has 0 unspecified atom stereocenters. The number of nitrogens with two attached hydrogens (primary N) is 1. The Morgan fingerprint density at radius 1 is 1.44 bits per heavy atom. The third-order valence-electron chi connectivity index (χ3n) is 2.42. The summed E-state index contributed by atoms with van der Waals surface area (Å²) in [6.07, 6.45) is 0. The Kier molecular flexibility index (Phi) is 2.67. The van der Waals surface area contributed by atoms with E-state index in [1.54, 1.807) is 0 Å². The predicted molar refractivity (Wildman–Crippen MR) is 61.4 cm³/mol. The lowest BCUT2D eigenvalue weighted by Crippen LogP contribution is -1.96. The molecule has 3 rings (SSSR count). The van der Waals surface area contributed by atoms with Crippen molar-refractivity contribution in [1.29, 1.82) is 0 Å². The number of ether oxygens (including phenoxy) is 2. The highest BCUT2D eigenvalue weighted by Gasteiger charge is 2.26. The average molecular weight is 316 g/mol. The van der Waals surface area contributed by atoms with Gasteiger partial charge in [-0.25, -0.2) is 4.39 Å². The van der Waals surface area contributed by atoms with Gasteiger partial charge in [0.2, 0.25) is 18.5 Å². The molecule has 6 nitrogen and oxygen atoms in total. The topological polar surface area (TPSA) is 83.4 Å². The van der Waals surface area contributed by atoms with Crippen molar-refractivity contribution in [3.05, 3.63) is 22.2 Å². The van der Waals surface area contributed by atoms with Crippen molar-refractivity contribution < 1.29 is 18.4 Å². The van der Waals surface area contributed by atoms with Crippen LogP contribution in [0.5, 0.6) is 11.5 Å². The SMILES string of the molecule is NCc1nc(-c2c(F)cc3c(c2Br)OCO3)no1.